The Morgan fingerprint density at radius 1 is 1.30 bits per heavy atom. The van der Waals surface area contributed by atoms with E-state index in [2.05, 4.69) is 10.6 Å². The number of benzene rings is 1. The van der Waals surface area contributed by atoms with Gasteiger partial charge in [0.2, 0.25) is 10.0 Å². The minimum atomic E-state index is -4.40. The maximum absolute atomic E-state index is 13.9. The molecular formula is C15H19F2N3O6S. The van der Waals surface area contributed by atoms with Crippen molar-refractivity contribution in [1.29, 1.82) is 0 Å². The van der Waals surface area contributed by atoms with Crippen molar-refractivity contribution in [3.05, 3.63) is 29.8 Å². The predicted molar refractivity (Wildman–Crippen MR) is 87.9 cm³/mol. The van der Waals surface area contributed by atoms with Gasteiger partial charge in [0.05, 0.1) is 19.8 Å². The highest BCUT2D eigenvalue weighted by molar-refractivity contribution is 7.89. The molecule has 0 aromatic heterocycles. The maximum atomic E-state index is 13.9. The number of nitrogens with one attached hydrogen (secondary N) is 2. The predicted octanol–water partition coefficient (Wildman–Crippen LogP) is -0.809. The van der Waals surface area contributed by atoms with Crippen LogP contribution >= 0.6 is 0 Å². The first-order chi connectivity index (χ1) is 12.8. The number of sulfonamides is 1. The molecule has 0 aliphatic carbocycles. The molecule has 2 rings (SSSR count). The van der Waals surface area contributed by atoms with E-state index in [1.54, 1.807) is 0 Å². The largest absolute Gasteiger partial charge is 0.383 e. The molecule has 0 saturated carbocycles. The zero-order valence-corrected chi connectivity index (χ0v) is 15.2. The van der Waals surface area contributed by atoms with Gasteiger partial charge in [-0.3, -0.25) is 9.59 Å². The fraction of sp³-hybridized carbons (Fsp3) is 0.467. The Hall–Kier alpha value is -2.15. The number of methoxy groups -OCH3 is 1. The molecule has 12 heteroatoms. The summed E-state index contributed by atoms with van der Waals surface area (Å²) in [5.41, 5.74) is 0. The van der Waals surface area contributed by atoms with Crippen molar-refractivity contribution in [2.24, 2.45) is 0 Å². The van der Waals surface area contributed by atoms with Crippen LogP contribution < -0.4 is 10.6 Å². The molecule has 1 aromatic rings. The fourth-order valence-electron chi connectivity index (χ4n) is 2.35. The van der Waals surface area contributed by atoms with Gasteiger partial charge in [0, 0.05) is 20.2 Å². The average molecular weight is 407 g/mol. The Labute approximate surface area is 154 Å². The summed E-state index contributed by atoms with van der Waals surface area (Å²) in [5, 5.41) is 4.54. The summed E-state index contributed by atoms with van der Waals surface area (Å²) in [6.45, 7) is -0.111. The molecule has 0 bridgehead atoms. The minimum Gasteiger partial charge on any atom is -0.383 e. The molecule has 9 nitrogen and oxygen atoms in total. The molecular weight excluding hydrogens is 388 g/mol. The van der Waals surface area contributed by atoms with E-state index in [9.17, 15) is 26.8 Å². The van der Waals surface area contributed by atoms with E-state index in [1.165, 1.54) is 7.11 Å². The summed E-state index contributed by atoms with van der Waals surface area (Å²) >= 11 is 0. The van der Waals surface area contributed by atoms with Crippen LogP contribution in [0.2, 0.25) is 0 Å². The number of hydrogen-bond acceptors (Lipinski definition) is 6. The molecule has 0 spiro atoms. The standard InChI is InChI=1S/C15H19F2N3O6S/c1-25-6-4-18-14(21)15(22)19-9-13-20(5-7-26-13)27(23,24)12-8-10(16)2-3-11(12)17/h2-3,8,13H,4-7,9H2,1H3,(H,18,21)(H,19,22)/t13-/m1/s1. The smallest absolute Gasteiger partial charge is 0.309 e. The lowest BCUT2D eigenvalue weighted by molar-refractivity contribution is -0.139. The molecule has 0 unspecified atom stereocenters. The van der Waals surface area contributed by atoms with E-state index >= 15 is 0 Å². The number of halogens is 2. The van der Waals surface area contributed by atoms with Gasteiger partial charge in [-0.2, -0.15) is 4.31 Å². The van der Waals surface area contributed by atoms with Crippen molar-refractivity contribution in [1.82, 2.24) is 14.9 Å². The van der Waals surface area contributed by atoms with Crippen LogP contribution in [-0.4, -0.2) is 70.7 Å². The van der Waals surface area contributed by atoms with Gasteiger partial charge >= 0.3 is 11.8 Å². The first kappa shape index (κ1) is 21.2. The number of rotatable bonds is 7. The lowest BCUT2D eigenvalue weighted by atomic mass is 10.3. The Morgan fingerprint density at radius 2 is 2.00 bits per heavy atom. The first-order valence-corrected chi connectivity index (χ1v) is 9.35. The lowest BCUT2D eigenvalue weighted by Crippen LogP contribution is -2.47. The molecule has 1 aliphatic rings. The van der Waals surface area contributed by atoms with E-state index in [1.807, 2.05) is 0 Å². The van der Waals surface area contributed by atoms with Gasteiger partial charge < -0.3 is 20.1 Å². The zero-order chi connectivity index (χ0) is 20.0. The third-order valence-corrected chi connectivity index (χ3v) is 5.56. The van der Waals surface area contributed by atoms with Crippen molar-refractivity contribution in [3.8, 4) is 0 Å². The number of amides is 2. The molecule has 1 heterocycles. The van der Waals surface area contributed by atoms with Crippen molar-refractivity contribution in [3.63, 3.8) is 0 Å². The molecule has 1 aliphatic heterocycles. The van der Waals surface area contributed by atoms with Gasteiger partial charge in [0.15, 0.2) is 0 Å². The van der Waals surface area contributed by atoms with Crippen LogP contribution in [0, 0.1) is 11.6 Å². The van der Waals surface area contributed by atoms with Crippen LogP contribution in [0.15, 0.2) is 23.1 Å². The quantitative estimate of drug-likeness (QED) is 0.452. The van der Waals surface area contributed by atoms with Crippen LogP contribution in [-0.2, 0) is 29.1 Å². The molecule has 0 radical (unpaired) electrons. The van der Waals surface area contributed by atoms with E-state index in [4.69, 9.17) is 9.47 Å². The monoisotopic (exact) mass is 407 g/mol. The molecule has 150 valence electrons. The Kier molecular flexibility index (Phi) is 7.18. The second-order valence-corrected chi connectivity index (χ2v) is 7.33. The number of carbonyl (C=O) groups excluding carboxylic acids is 2. The summed E-state index contributed by atoms with van der Waals surface area (Å²) in [7, 11) is -2.97. The van der Waals surface area contributed by atoms with E-state index < -0.39 is 44.6 Å². The van der Waals surface area contributed by atoms with E-state index in [-0.39, 0.29) is 32.8 Å². The second-order valence-electron chi connectivity index (χ2n) is 5.47. The molecule has 27 heavy (non-hydrogen) atoms. The third kappa shape index (κ3) is 5.19. The van der Waals surface area contributed by atoms with Crippen molar-refractivity contribution in [2.75, 3.05) is 40.0 Å². The number of carbonyl (C=O) groups is 2. The van der Waals surface area contributed by atoms with E-state index in [0.29, 0.717) is 12.1 Å². The average Bonchev–Trinajstić information content (AvgIpc) is 3.11. The topological polar surface area (TPSA) is 114 Å². The zero-order valence-electron chi connectivity index (χ0n) is 14.4. The highest BCUT2D eigenvalue weighted by Gasteiger charge is 2.38. The molecule has 1 atom stereocenters. The Bertz CT molecular complexity index is 805. The van der Waals surface area contributed by atoms with Crippen LogP contribution in [0.25, 0.3) is 0 Å². The number of hydrogen-bond donors (Lipinski definition) is 2. The Balaban J connectivity index is 2.03. The summed E-state index contributed by atoms with van der Waals surface area (Å²) in [5.74, 6) is -3.93. The van der Waals surface area contributed by atoms with Gasteiger partial charge in [-0.15, -0.1) is 0 Å². The molecule has 1 aromatic carbocycles. The first-order valence-electron chi connectivity index (χ1n) is 7.91. The normalized spacial score (nSPS) is 17.7. The van der Waals surface area contributed by atoms with E-state index in [0.717, 1.165) is 10.4 Å². The van der Waals surface area contributed by atoms with Gasteiger partial charge in [0.25, 0.3) is 0 Å². The van der Waals surface area contributed by atoms with Crippen molar-refractivity contribution < 1.29 is 36.3 Å². The SMILES string of the molecule is COCCNC(=O)C(=O)NC[C@H]1OCCN1S(=O)(=O)c1cc(F)ccc1F. The van der Waals surface area contributed by atoms with Crippen LogP contribution in [0.5, 0.6) is 0 Å². The van der Waals surface area contributed by atoms with Crippen molar-refractivity contribution >= 4 is 21.8 Å². The molecule has 1 fully saturated rings. The van der Waals surface area contributed by atoms with Gasteiger partial charge in [-0.25, -0.2) is 17.2 Å². The molecule has 2 N–H and O–H groups in total. The summed E-state index contributed by atoms with van der Waals surface area (Å²) in [6, 6.07) is 2.08. The second kappa shape index (κ2) is 9.17. The maximum Gasteiger partial charge on any atom is 0.309 e. The highest BCUT2D eigenvalue weighted by Crippen LogP contribution is 2.24. The fourth-order valence-corrected chi connectivity index (χ4v) is 3.94. The lowest BCUT2D eigenvalue weighted by Gasteiger charge is -2.23. The van der Waals surface area contributed by atoms with Gasteiger partial charge in [-0.1, -0.05) is 0 Å². The Morgan fingerprint density at radius 3 is 2.70 bits per heavy atom. The molecule has 2 amide bonds. The summed E-state index contributed by atoms with van der Waals surface area (Å²) in [4.78, 5) is 22.5. The summed E-state index contributed by atoms with van der Waals surface area (Å²) < 4.78 is 63.2. The third-order valence-electron chi connectivity index (χ3n) is 3.66. The molecule has 1 saturated heterocycles. The van der Waals surface area contributed by atoms with Crippen LogP contribution in [0.3, 0.4) is 0 Å². The van der Waals surface area contributed by atoms with Crippen LogP contribution in [0.1, 0.15) is 0 Å². The number of nitrogens with zero attached hydrogens (tertiary/aromatic N) is 1. The highest BCUT2D eigenvalue weighted by atomic mass is 32.2. The van der Waals surface area contributed by atoms with Crippen LogP contribution in [0.4, 0.5) is 8.78 Å². The van der Waals surface area contributed by atoms with Crippen molar-refractivity contribution in [2.45, 2.75) is 11.1 Å². The number of ether oxygens (including phenoxy) is 2. The summed E-state index contributed by atoms with van der Waals surface area (Å²) in [6.07, 6.45) is -1.16. The van der Waals surface area contributed by atoms with Gasteiger partial charge in [0.1, 0.15) is 22.8 Å². The minimum absolute atomic E-state index is 0.00324. The van der Waals surface area contributed by atoms with Gasteiger partial charge in [-0.05, 0) is 18.2 Å².